The maximum atomic E-state index is 12.8. The Bertz CT molecular complexity index is 872. The molecule has 120 valence electrons. The number of hydrogen-bond acceptors (Lipinski definition) is 4. The van der Waals surface area contributed by atoms with E-state index in [0.29, 0.717) is 11.3 Å². The fourth-order valence-corrected chi connectivity index (χ4v) is 2.70. The Balaban J connectivity index is 2.03. The lowest BCUT2D eigenvalue weighted by Crippen LogP contribution is -2.54. The predicted molar refractivity (Wildman–Crippen MR) is 95.5 cm³/mol. The van der Waals surface area contributed by atoms with Crippen LogP contribution in [0.4, 0.5) is 5.69 Å². The first-order chi connectivity index (χ1) is 11.5. The average molecular weight is 338 g/mol. The summed E-state index contributed by atoms with van der Waals surface area (Å²) in [5, 5.41) is 11.9. The normalized spacial score (nSPS) is 16.5. The van der Waals surface area contributed by atoms with Crippen molar-refractivity contribution in [3.63, 3.8) is 0 Å². The third-order valence-corrected chi connectivity index (χ3v) is 3.95. The Morgan fingerprint density at radius 2 is 1.75 bits per heavy atom. The molecule has 0 bridgehead atoms. The minimum absolute atomic E-state index is 0.0162. The molecule has 1 saturated heterocycles. The number of nitrogens with one attached hydrogen (secondary N) is 1. The van der Waals surface area contributed by atoms with Crippen molar-refractivity contribution in [1.82, 2.24) is 5.32 Å². The van der Waals surface area contributed by atoms with Crippen molar-refractivity contribution in [2.45, 2.75) is 6.92 Å². The molecular formula is C18H14N2O3S. The van der Waals surface area contributed by atoms with Crippen LogP contribution in [0.15, 0.2) is 54.1 Å². The second-order valence-corrected chi connectivity index (χ2v) is 5.72. The second-order valence-electron chi connectivity index (χ2n) is 5.34. The van der Waals surface area contributed by atoms with E-state index in [1.165, 1.54) is 23.1 Å². The van der Waals surface area contributed by atoms with Gasteiger partial charge in [0, 0.05) is 0 Å². The Morgan fingerprint density at radius 1 is 1.08 bits per heavy atom. The van der Waals surface area contributed by atoms with Crippen LogP contribution in [0.5, 0.6) is 5.75 Å². The van der Waals surface area contributed by atoms with Gasteiger partial charge in [0.1, 0.15) is 11.3 Å². The van der Waals surface area contributed by atoms with Crippen molar-refractivity contribution in [2.24, 2.45) is 0 Å². The van der Waals surface area contributed by atoms with Gasteiger partial charge in [-0.25, -0.2) is 0 Å². The molecule has 0 aromatic heterocycles. The number of aromatic hydroxyl groups is 1. The van der Waals surface area contributed by atoms with Gasteiger partial charge in [0.25, 0.3) is 11.8 Å². The van der Waals surface area contributed by atoms with Crippen molar-refractivity contribution in [2.75, 3.05) is 4.90 Å². The zero-order valence-corrected chi connectivity index (χ0v) is 13.6. The number of thiocarbonyl (C=S) groups is 1. The quantitative estimate of drug-likeness (QED) is 0.502. The first kappa shape index (κ1) is 15.9. The molecule has 0 radical (unpaired) electrons. The van der Waals surface area contributed by atoms with Crippen LogP contribution in [-0.4, -0.2) is 22.0 Å². The van der Waals surface area contributed by atoms with E-state index in [9.17, 15) is 14.7 Å². The van der Waals surface area contributed by atoms with Crippen molar-refractivity contribution < 1.29 is 14.7 Å². The van der Waals surface area contributed by atoms with Crippen LogP contribution < -0.4 is 10.2 Å². The first-order valence-electron chi connectivity index (χ1n) is 7.23. The summed E-state index contributed by atoms with van der Waals surface area (Å²) in [6, 6.07) is 13.5. The van der Waals surface area contributed by atoms with E-state index in [1.54, 1.807) is 24.3 Å². The summed E-state index contributed by atoms with van der Waals surface area (Å²) in [6.07, 6.45) is 1.48. The smallest absolute Gasteiger partial charge is 0.270 e. The molecule has 1 aliphatic heterocycles. The Labute approximate surface area is 144 Å². The molecule has 1 fully saturated rings. The number of para-hydroxylation sites is 1. The van der Waals surface area contributed by atoms with Gasteiger partial charge in [-0.1, -0.05) is 30.3 Å². The van der Waals surface area contributed by atoms with Gasteiger partial charge in [-0.05, 0) is 54.5 Å². The van der Waals surface area contributed by atoms with Gasteiger partial charge in [-0.2, -0.15) is 0 Å². The monoisotopic (exact) mass is 338 g/mol. The van der Waals surface area contributed by atoms with Gasteiger partial charge >= 0.3 is 0 Å². The van der Waals surface area contributed by atoms with Gasteiger partial charge in [0.05, 0.1) is 5.69 Å². The molecule has 0 saturated carbocycles. The minimum atomic E-state index is -0.539. The highest BCUT2D eigenvalue weighted by molar-refractivity contribution is 7.80. The maximum absolute atomic E-state index is 12.8. The zero-order chi connectivity index (χ0) is 17.3. The number of rotatable bonds is 2. The Hall–Kier alpha value is -2.99. The molecule has 0 spiro atoms. The van der Waals surface area contributed by atoms with Gasteiger partial charge in [0.2, 0.25) is 0 Å². The molecule has 0 unspecified atom stereocenters. The minimum Gasteiger partial charge on any atom is -0.508 e. The zero-order valence-electron chi connectivity index (χ0n) is 12.8. The lowest BCUT2D eigenvalue weighted by molar-refractivity contribution is -0.122. The molecule has 6 heteroatoms. The van der Waals surface area contributed by atoms with E-state index >= 15 is 0 Å². The summed E-state index contributed by atoms with van der Waals surface area (Å²) in [5.41, 5.74) is 2.11. The van der Waals surface area contributed by atoms with Crippen LogP contribution in [0.1, 0.15) is 11.1 Å². The summed E-state index contributed by atoms with van der Waals surface area (Å²) >= 11 is 5.17. The molecule has 2 aromatic carbocycles. The molecule has 1 heterocycles. The number of amides is 2. The third-order valence-electron chi connectivity index (χ3n) is 3.66. The topological polar surface area (TPSA) is 69.6 Å². The molecule has 2 amide bonds. The molecule has 5 nitrogen and oxygen atoms in total. The summed E-state index contributed by atoms with van der Waals surface area (Å²) < 4.78 is 0. The largest absolute Gasteiger partial charge is 0.508 e. The van der Waals surface area contributed by atoms with E-state index in [-0.39, 0.29) is 16.4 Å². The number of phenols is 1. The molecular weight excluding hydrogens is 324 g/mol. The summed E-state index contributed by atoms with van der Waals surface area (Å²) in [7, 11) is 0. The molecule has 1 aliphatic rings. The molecule has 2 N–H and O–H groups in total. The summed E-state index contributed by atoms with van der Waals surface area (Å²) in [6.45, 7) is 1.87. The number of benzene rings is 2. The van der Waals surface area contributed by atoms with Gasteiger partial charge in [-0.15, -0.1) is 0 Å². The van der Waals surface area contributed by atoms with Gasteiger partial charge < -0.3 is 5.11 Å². The molecule has 0 aliphatic carbocycles. The van der Waals surface area contributed by atoms with Gasteiger partial charge in [-0.3, -0.25) is 19.8 Å². The van der Waals surface area contributed by atoms with Crippen LogP contribution >= 0.6 is 12.2 Å². The number of carbonyl (C=O) groups is 2. The van der Waals surface area contributed by atoms with Crippen molar-refractivity contribution in [3.8, 4) is 5.75 Å². The second kappa shape index (κ2) is 6.25. The highest BCUT2D eigenvalue weighted by Gasteiger charge is 2.34. The molecule has 0 atom stereocenters. The number of anilines is 1. The van der Waals surface area contributed by atoms with E-state index in [4.69, 9.17) is 12.2 Å². The van der Waals surface area contributed by atoms with Gasteiger partial charge in [0.15, 0.2) is 5.11 Å². The lowest BCUT2D eigenvalue weighted by Gasteiger charge is -2.29. The number of carbonyl (C=O) groups excluding carboxylic acids is 2. The van der Waals surface area contributed by atoms with E-state index in [0.717, 1.165) is 5.56 Å². The van der Waals surface area contributed by atoms with Crippen molar-refractivity contribution >= 4 is 40.9 Å². The fourth-order valence-electron chi connectivity index (χ4n) is 2.43. The van der Waals surface area contributed by atoms with Crippen LogP contribution in [0.3, 0.4) is 0 Å². The fraction of sp³-hybridized carbons (Fsp3) is 0.0556. The number of nitrogens with zero attached hydrogens (tertiary/aromatic N) is 1. The SMILES string of the molecule is Cc1ccccc1N1C(=O)C(=Cc2ccc(O)cc2)C(=O)NC1=S. The van der Waals surface area contributed by atoms with Crippen molar-refractivity contribution in [1.29, 1.82) is 0 Å². The third kappa shape index (κ3) is 2.91. The van der Waals surface area contributed by atoms with E-state index in [2.05, 4.69) is 5.32 Å². The number of hydrogen-bond donors (Lipinski definition) is 2. The highest BCUT2D eigenvalue weighted by Crippen LogP contribution is 2.25. The highest BCUT2D eigenvalue weighted by atomic mass is 32.1. The number of aryl methyl sites for hydroxylation is 1. The van der Waals surface area contributed by atoms with E-state index < -0.39 is 11.8 Å². The number of phenolic OH excluding ortho intramolecular Hbond substituents is 1. The van der Waals surface area contributed by atoms with Crippen LogP contribution in [0.25, 0.3) is 6.08 Å². The Kier molecular flexibility index (Phi) is 4.14. The van der Waals surface area contributed by atoms with Crippen LogP contribution in [0.2, 0.25) is 0 Å². The molecule has 3 rings (SSSR count). The molecule has 2 aromatic rings. The first-order valence-corrected chi connectivity index (χ1v) is 7.64. The van der Waals surface area contributed by atoms with Crippen LogP contribution in [-0.2, 0) is 9.59 Å². The van der Waals surface area contributed by atoms with Crippen LogP contribution in [0, 0.1) is 6.92 Å². The Morgan fingerprint density at radius 3 is 2.42 bits per heavy atom. The van der Waals surface area contributed by atoms with E-state index in [1.807, 2.05) is 19.1 Å². The molecule has 24 heavy (non-hydrogen) atoms. The predicted octanol–water partition coefficient (Wildman–Crippen LogP) is 2.53. The average Bonchev–Trinajstić information content (AvgIpc) is 2.55. The summed E-state index contributed by atoms with van der Waals surface area (Å²) in [5.74, 6) is -0.909. The van der Waals surface area contributed by atoms with Crippen molar-refractivity contribution in [3.05, 3.63) is 65.2 Å². The lowest BCUT2D eigenvalue weighted by atomic mass is 10.1. The summed E-state index contributed by atoms with van der Waals surface area (Å²) in [4.78, 5) is 26.3. The maximum Gasteiger partial charge on any atom is 0.270 e. The standard InChI is InChI=1S/C18H14N2O3S/c1-11-4-2-3-5-15(11)20-17(23)14(16(22)19-18(20)24)10-12-6-8-13(21)9-7-12/h2-10,21H,1H3,(H,19,22,24).